The molecule has 2 aromatic carbocycles. The SMILES string of the molecule is Cc1ccc(Oc2ccc(Cl)cc2NC(=O)Cn2cnc3c2c(=O)n(C)c(=O)n3C)cc1. The molecule has 32 heavy (non-hydrogen) atoms. The molecule has 0 aliphatic rings. The predicted molar refractivity (Wildman–Crippen MR) is 122 cm³/mol. The van der Waals surface area contributed by atoms with Crippen molar-refractivity contribution in [3.8, 4) is 11.5 Å². The fourth-order valence-electron chi connectivity index (χ4n) is 3.28. The number of rotatable bonds is 5. The highest BCUT2D eigenvalue weighted by Gasteiger charge is 2.17. The number of anilines is 1. The van der Waals surface area contributed by atoms with Crippen LogP contribution in [0.4, 0.5) is 5.69 Å². The average Bonchev–Trinajstić information content (AvgIpc) is 3.17. The summed E-state index contributed by atoms with van der Waals surface area (Å²) in [6, 6.07) is 12.4. The quantitative estimate of drug-likeness (QED) is 0.501. The van der Waals surface area contributed by atoms with Crippen LogP contribution >= 0.6 is 11.6 Å². The van der Waals surface area contributed by atoms with Gasteiger partial charge in [0.05, 0.1) is 12.0 Å². The molecular formula is C22H20ClN5O4. The summed E-state index contributed by atoms with van der Waals surface area (Å²) in [4.78, 5) is 41.6. The van der Waals surface area contributed by atoms with Gasteiger partial charge in [0.1, 0.15) is 12.3 Å². The first-order valence-corrected chi connectivity index (χ1v) is 10.1. The summed E-state index contributed by atoms with van der Waals surface area (Å²) in [6.07, 6.45) is 1.35. The highest BCUT2D eigenvalue weighted by atomic mass is 35.5. The van der Waals surface area contributed by atoms with Gasteiger partial charge in [-0.25, -0.2) is 9.78 Å². The minimum absolute atomic E-state index is 0.159. The average molecular weight is 454 g/mol. The Kier molecular flexibility index (Phi) is 5.58. The number of halogens is 1. The zero-order valence-electron chi connectivity index (χ0n) is 17.6. The molecule has 164 valence electrons. The maximum absolute atomic E-state index is 12.8. The van der Waals surface area contributed by atoms with E-state index in [0.717, 1.165) is 10.1 Å². The summed E-state index contributed by atoms with van der Waals surface area (Å²) in [5.41, 5.74) is 0.823. The van der Waals surface area contributed by atoms with E-state index >= 15 is 0 Å². The van der Waals surface area contributed by atoms with Crippen LogP contribution in [0.5, 0.6) is 11.5 Å². The number of hydrogen-bond donors (Lipinski definition) is 1. The molecule has 9 nitrogen and oxygen atoms in total. The Morgan fingerprint density at radius 3 is 2.53 bits per heavy atom. The van der Waals surface area contributed by atoms with Crippen LogP contribution < -0.4 is 21.3 Å². The second-order valence-electron chi connectivity index (χ2n) is 7.35. The van der Waals surface area contributed by atoms with Gasteiger partial charge in [-0.3, -0.25) is 18.7 Å². The number of carbonyl (C=O) groups is 1. The van der Waals surface area contributed by atoms with Crippen molar-refractivity contribution in [2.45, 2.75) is 13.5 Å². The van der Waals surface area contributed by atoms with Crippen molar-refractivity contribution in [2.75, 3.05) is 5.32 Å². The number of benzene rings is 2. The molecule has 1 N–H and O–H groups in total. The molecule has 0 saturated heterocycles. The third kappa shape index (κ3) is 4.02. The van der Waals surface area contributed by atoms with E-state index < -0.39 is 17.2 Å². The lowest BCUT2D eigenvalue weighted by molar-refractivity contribution is -0.116. The molecule has 0 bridgehead atoms. The fraction of sp³-hybridized carbons (Fsp3) is 0.182. The Bertz CT molecular complexity index is 1450. The summed E-state index contributed by atoms with van der Waals surface area (Å²) >= 11 is 6.12. The van der Waals surface area contributed by atoms with E-state index in [-0.39, 0.29) is 17.7 Å². The maximum Gasteiger partial charge on any atom is 0.332 e. The molecule has 0 atom stereocenters. The van der Waals surface area contributed by atoms with Crippen LogP contribution in [0.25, 0.3) is 11.2 Å². The Labute approximate surface area is 187 Å². The van der Waals surface area contributed by atoms with Gasteiger partial charge in [0.25, 0.3) is 5.56 Å². The van der Waals surface area contributed by atoms with Crippen LogP contribution in [0.1, 0.15) is 5.56 Å². The van der Waals surface area contributed by atoms with E-state index in [9.17, 15) is 14.4 Å². The van der Waals surface area contributed by atoms with Crippen molar-refractivity contribution in [2.24, 2.45) is 14.1 Å². The van der Waals surface area contributed by atoms with Gasteiger partial charge in [0.15, 0.2) is 16.9 Å². The van der Waals surface area contributed by atoms with E-state index in [4.69, 9.17) is 16.3 Å². The molecule has 0 unspecified atom stereocenters. The Morgan fingerprint density at radius 1 is 1.09 bits per heavy atom. The zero-order chi connectivity index (χ0) is 23.0. The molecule has 0 radical (unpaired) electrons. The van der Waals surface area contributed by atoms with Crippen LogP contribution in [0.2, 0.25) is 5.02 Å². The second-order valence-corrected chi connectivity index (χ2v) is 7.79. The first-order valence-electron chi connectivity index (χ1n) is 9.69. The standard InChI is InChI=1S/C22H20ClN5O4/c1-13-4-7-15(8-5-13)32-17-9-6-14(23)10-16(17)25-18(29)11-28-12-24-20-19(28)21(30)27(3)22(31)26(20)2/h4-10,12H,11H2,1-3H3,(H,25,29). The van der Waals surface area contributed by atoms with Crippen molar-refractivity contribution in [1.82, 2.24) is 18.7 Å². The van der Waals surface area contributed by atoms with Crippen molar-refractivity contribution >= 4 is 34.4 Å². The molecule has 10 heteroatoms. The Hall–Kier alpha value is -3.85. The van der Waals surface area contributed by atoms with Crippen molar-refractivity contribution in [3.63, 3.8) is 0 Å². The van der Waals surface area contributed by atoms with Gasteiger partial charge in [-0.05, 0) is 37.3 Å². The molecule has 0 aliphatic heterocycles. The van der Waals surface area contributed by atoms with E-state index in [2.05, 4.69) is 10.3 Å². The number of hydrogen-bond acceptors (Lipinski definition) is 5. The van der Waals surface area contributed by atoms with E-state index in [1.54, 1.807) is 18.2 Å². The van der Waals surface area contributed by atoms with Gasteiger partial charge in [-0.15, -0.1) is 0 Å². The van der Waals surface area contributed by atoms with E-state index in [1.165, 1.54) is 29.6 Å². The summed E-state index contributed by atoms with van der Waals surface area (Å²) in [5, 5.41) is 3.20. The number of imidazole rings is 1. The van der Waals surface area contributed by atoms with Crippen molar-refractivity contribution < 1.29 is 9.53 Å². The summed E-state index contributed by atoms with van der Waals surface area (Å²) in [7, 11) is 2.89. The van der Waals surface area contributed by atoms with Gasteiger partial charge in [-0.1, -0.05) is 29.3 Å². The lowest BCUT2D eigenvalue weighted by Crippen LogP contribution is -2.37. The minimum Gasteiger partial charge on any atom is -0.455 e. The number of ether oxygens (including phenoxy) is 1. The molecule has 2 aromatic heterocycles. The highest BCUT2D eigenvalue weighted by Crippen LogP contribution is 2.32. The lowest BCUT2D eigenvalue weighted by atomic mass is 10.2. The second kappa shape index (κ2) is 8.35. The monoisotopic (exact) mass is 453 g/mol. The summed E-state index contributed by atoms with van der Waals surface area (Å²) in [6.45, 7) is 1.78. The van der Waals surface area contributed by atoms with E-state index in [0.29, 0.717) is 22.2 Å². The minimum atomic E-state index is -0.528. The van der Waals surface area contributed by atoms with Crippen molar-refractivity contribution in [1.29, 1.82) is 0 Å². The first-order chi connectivity index (χ1) is 15.2. The van der Waals surface area contributed by atoms with Gasteiger partial charge in [-0.2, -0.15) is 0 Å². The molecule has 1 amide bonds. The lowest BCUT2D eigenvalue weighted by Gasteiger charge is -2.13. The molecule has 4 aromatic rings. The number of carbonyl (C=O) groups excluding carboxylic acids is 1. The zero-order valence-corrected chi connectivity index (χ0v) is 18.4. The summed E-state index contributed by atoms with van der Waals surface area (Å²) in [5.74, 6) is 0.607. The topological polar surface area (TPSA) is 100 Å². The normalized spacial score (nSPS) is 11.0. The van der Waals surface area contributed by atoms with Crippen molar-refractivity contribution in [3.05, 3.63) is 80.2 Å². The maximum atomic E-state index is 12.8. The first kappa shape index (κ1) is 21.4. The number of nitrogens with zero attached hydrogens (tertiary/aromatic N) is 4. The smallest absolute Gasteiger partial charge is 0.332 e. The third-order valence-corrected chi connectivity index (χ3v) is 5.23. The number of nitrogens with one attached hydrogen (secondary N) is 1. The highest BCUT2D eigenvalue weighted by molar-refractivity contribution is 6.31. The third-order valence-electron chi connectivity index (χ3n) is 5.00. The largest absolute Gasteiger partial charge is 0.455 e. The molecule has 0 spiro atoms. The number of aromatic nitrogens is 4. The van der Waals surface area contributed by atoms with Gasteiger partial charge < -0.3 is 14.6 Å². The van der Waals surface area contributed by atoms with E-state index in [1.807, 2.05) is 31.2 Å². The molecular weight excluding hydrogens is 434 g/mol. The Balaban J connectivity index is 1.61. The molecule has 0 aliphatic carbocycles. The summed E-state index contributed by atoms with van der Waals surface area (Å²) < 4.78 is 9.54. The molecule has 0 saturated carbocycles. The van der Waals surface area contributed by atoms with Crippen LogP contribution in [0.15, 0.2) is 58.4 Å². The molecule has 4 rings (SSSR count). The van der Waals surface area contributed by atoms with Crippen LogP contribution in [0, 0.1) is 6.92 Å². The number of aryl methyl sites for hydroxylation is 2. The number of fused-ring (bicyclic) bond motifs is 1. The predicted octanol–water partition coefficient (Wildman–Crippen LogP) is 2.83. The van der Waals surface area contributed by atoms with Crippen LogP contribution in [-0.4, -0.2) is 24.6 Å². The Morgan fingerprint density at radius 2 is 1.81 bits per heavy atom. The number of amides is 1. The molecule has 2 heterocycles. The molecule has 0 fully saturated rings. The fourth-order valence-corrected chi connectivity index (χ4v) is 3.46. The van der Waals surface area contributed by atoms with Gasteiger partial charge in [0.2, 0.25) is 5.91 Å². The van der Waals surface area contributed by atoms with Crippen LogP contribution in [0.3, 0.4) is 0 Å². The van der Waals surface area contributed by atoms with Gasteiger partial charge >= 0.3 is 5.69 Å². The van der Waals surface area contributed by atoms with Crippen LogP contribution in [-0.2, 0) is 25.4 Å². The van der Waals surface area contributed by atoms with Gasteiger partial charge in [0, 0.05) is 19.1 Å².